The summed E-state index contributed by atoms with van der Waals surface area (Å²) in [6.07, 6.45) is 0.464. The third-order valence-corrected chi connectivity index (χ3v) is 5.47. The van der Waals surface area contributed by atoms with Crippen molar-refractivity contribution in [2.24, 2.45) is 0 Å². The predicted molar refractivity (Wildman–Crippen MR) is 119 cm³/mol. The molecule has 8 heteroatoms. The van der Waals surface area contributed by atoms with Crippen molar-refractivity contribution in [3.8, 4) is 11.8 Å². The van der Waals surface area contributed by atoms with Gasteiger partial charge < -0.3 is 15.0 Å². The van der Waals surface area contributed by atoms with Crippen LogP contribution in [0.15, 0.2) is 54.6 Å². The van der Waals surface area contributed by atoms with Crippen LogP contribution in [0.2, 0.25) is 0 Å². The summed E-state index contributed by atoms with van der Waals surface area (Å²) in [4.78, 5) is 41.5. The van der Waals surface area contributed by atoms with Gasteiger partial charge in [0.25, 0.3) is 5.91 Å². The first kappa shape index (κ1) is 22.8. The third-order valence-electron chi connectivity index (χ3n) is 5.47. The molecular weight excluding hydrogens is 408 g/mol. The van der Waals surface area contributed by atoms with Crippen LogP contribution in [0.5, 0.6) is 5.75 Å². The lowest BCUT2D eigenvalue weighted by Gasteiger charge is -2.27. The van der Waals surface area contributed by atoms with Crippen molar-refractivity contribution >= 4 is 23.5 Å². The first-order chi connectivity index (χ1) is 15.5. The summed E-state index contributed by atoms with van der Waals surface area (Å²) in [6, 6.07) is 17.3. The number of rotatable bonds is 9. The molecule has 2 aromatic carbocycles. The standard InChI is InChI=1S/C24H26N4O4/c1-3-24(18-9-6-5-7-10-18)22(30)28(23(31)26-24)17-21(29)27(16-8-15-25)19-11-13-20(14-12-19)32-4-2/h5-7,9-14H,3-4,8,16-17H2,1-2H3,(H,26,31). The summed E-state index contributed by atoms with van der Waals surface area (Å²) >= 11 is 0. The number of carbonyl (C=O) groups is 3. The van der Waals surface area contributed by atoms with Gasteiger partial charge in [-0.2, -0.15) is 5.26 Å². The minimum Gasteiger partial charge on any atom is -0.494 e. The number of nitrogens with one attached hydrogen (secondary N) is 1. The van der Waals surface area contributed by atoms with Gasteiger partial charge in [0.1, 0.15) is 17.8 Å². The topological polar surface area (TPSA) is 103 Å². The summed E-state index contributed by atoms with van der Waals surface area (Å²) < 4.78 is 5.43. The fourth-order valence-electron chi connectivity index (χ4n) is 3.80. The second-order valence-corrected chi connectivity index (χ2v) is 7.33. The van der Waals surface area contributed by atoms with Crippen LogP contribution >= 0.6 is 0 Å². The van der Waals surface area contributed by atoms with Crippen LogP contribution < -0.4 is 15.0 Å². The average molecular weight is 434 g/mol. The molecule has 8 nitrogen and oxygen atoms in total. The van der Waals surface area contributed by atoms with E-state index in [1.165, 1.54) is 4.90 Å². The van der Waals surface area contributed by atoms with Gasteiger partial charge in [-0.25, -0.2) is 4.79 Å². The van der Waals surface area contributed by atoms with Gasteiger partial charge in [0.15, 0.2) is 0 Å². The Morgan fingerprint density at radius 2 is 1.81 bits per heavy atom. The van der Waals surface area contributed by atoms with Gasteiger partial charge in [-0.05, 0) is 43.2 Å². The van der Waals surface area contributed by atoms with Crippen LogP contribution in [-0.2, 0) is 15.1 Å². The molecule has 1 aliphatic rings. The van der Waals surface area contributed by atoms with Crippen molar-refractivity contribution in [2.45, 2.75) is 32.2 Å². The monoisotopic (exact) mass is 434 g/mol. The molecule has 166 valence electrons. The van der Waals surface area contributed by atoms with Gasteiger partial charge in [0.2, 0.25) is 5.91 Å². The molecule has 1 saturated heterocycles. The van der Waals surface area contributed by atoms with Crippen molar-refractivity contribution in [2.75, 3.05) is 24.6 Å². The molecule has 1 fully saturated rings. The van der Waals surface area contributed by atoms with Gasteiger partial charge in [-0.3, -0.25) is 14.5 Å². The first-order valence-corrected chi connectivity index (χ1v) is 10.6. The van der Waals surface area contributed by atoms with Gasteiger partial charge in [-0.1, -0.05) is 37.3 Å². The number of benzene rings is 2. The molecule has 1 N–H and O–H groups in total. The van der Waals surface area contributed by atoms with Crippen LogP contribution in [0.3, 0.4) is 0 Å². The number of hydrogen-bond donors (Lipinski definition) is 1. The minimum atomic E-state index is -1.20. The molecule has 4 amide bonds. The van der Waals surface area contributed by atoms with E-state index >= 15 is 0 Å². The molecule has 2 aromatic rings. The van der Waals surface area contributed by atoms with Gasteiger partial charge >= 0.3 is 6.03 Å². The Labute approximate surface area is 187 Å². The molecular formula is C24H26N4O4. The minimum absolute atomic E-state index is 0.113. The normalized spacial score (nSPS) is 17.6. The van der Waals surface area contributed by atoms with E-state index in [1.807, 2.05) is 26.0 Å². The zero-order valence-corrected chi connectivity index (χ0v) is 18.2. The maximum absolute atomic E-state index is 13.3. The fourth-order valence-corrected chi connectivity index (χ4v) is 3.80. The number of hydrogen-bond acceptors (Lipinski definition) is 5. The Bertz CT molecular complexity index is 1020. The summed E-state index contributed by atoms with van der Waals surface area (Å²) in [5.41, 5.74) is 0.0316. The Morgan fingerprint density at radius 1 is 1.12 bits per heavy atom. The highest BCUT2D eigenvalue weighted by molar-refractivity contribution is 6.10. The molecule has 1 aliphatic heterocycles. The number of ether oxygens (including phenoxy) is 1. The number of carbonyl (C=O) groups excluding carboxylic acids is 3. The van der Waals surface area contributed by atoms with Gasteiger partial charge in [0.05, 0.1) is 19.1 Å². The molecule has 0 aliphatic carbocycles. The van der Waals surface area contributed by atoms with Crippen LogP contribution in [0.1, 0.15) is 32.3 Å². The van der Waals surface area contributed by atoms with Crippen molar-refractivity contribution in [1.29, 1.82) is 5.26 Å². The summed E-state index contributed by atoms with van der Waals surface area (Å²) in [7, 11) is 0. The average Bonchev–Trinajstić information content (AvgIpc) is 3.06. The largest absolute Gasteiger partial charge is 0.494 e. The lowest BCUT2D eigenvalue weighted by molar-refractivity contribution is -0.134. The van der Waals surface area contributed by atoms with E-state index in [4.69, 9.17) is 10.00 Å². The van der Waals surface area contributed by atoms with E-state index in [9.17, 15) is 14.4 Å². The van der Waals surface area contributed by atoms with Gasteiger partial charge in [0, 0.05) is 12.2 Å². The predicted octanol–water partition coefficient (Wildman–Crippen LogP) is 3.19. The molecule has 0 aromatic heterocycles. The zero-order chi connectivity index (χ0) is 23.1. The van der Waals surface area contributed by atoms with Crippen LogP contribution in [0, 0.1) is 11.3 Å². The van der Waals surface area contributed by atoms with E-state index < -0.39 is 29.9 Å². The molecule has 0 bridgehead atoms. The van der Waals surface area contributed by atoms with Crippen molar-refractivity contribution in [1.82, 2.24) is 10.2 Å². The Morgan fingerprint density at radius 3 is 2.41 bits per heavy atom. The second kappa shape index (κ2) is 9.96. The van der Waals surface area contributed by atoms with Crippen LogP contribution in [0.4, 0.5) is 10.5 Å². The van der Waals surface area contributed by atoms with E-state index in [-0.39, 0.29) is 13.0 Å². The smallest absolute Gasteiger partial charge is 0.325 e. The number of nitriles is 1. The highest BCUT2D eigenvalue weighted by Crippen LogP contribution is 2.32. The van der Waals surface area contributed by atoms with E-state index in [0.29, 0.717) is 30.0 Å². The third kappa shape index (κ3) is 4.42. The summed E-state index contributed by atoms with van der Waals surface area (Å²) in [6.45, 7) is 3.93. The Kier molecular flexibility index (Phi) is 7.11. The van der Waals surface area contributed by atoms with Crippen LogP contribution in [0.25, 0.3) is 0 Å². The molecule has 3 rings (SSSR count). The highest BCUT2D eigenvalue weighted by atomic mass is 16.5. The number of imide groups is 1. The zero-order valence-electron chi connectivity index (χ0n) is 18.2. The molecule has 1 heterocycles. The second-order valence-electron chi connectivity index (χ2n) is 7.33. The first-order valence-electron chi connectivity index (χ1n) is 10.6. The molecule has 0 spiro atoms. The van der Waals surface area contributed by atoms with Crippen molar-refractivity contribution < 1.29 is 19.1 Å². The molecule has 0 radical (unpaired) electrons. The van der Waals surface area contributed by atoms with Gasteiger partial charge in [-0.15, -0.1) is 0 Å². The van der Waals surface area contributed by atoms with E-state index in [1.54, 1.807) is 48.5 Å². The number of amides is 4. The Hall–Kier alpha value is -3.86. The summed E-state index contributed by atoms with van der Waals surface area (Å²) in [5, 5.41) is 11.8. The maximum Gasteiger partial charge on any atom is 0.325 e. The van der Waals surface area contributed by atoms with Crippen LogP contribution in [-0.4, -0.2) is 42.4 Å². The summed E-state index contributed by atoms with van der Waals surface area (Å²) in [5.74, 6) is -0.252. The SMILES string of the molecule is CCOc1ccc(N(CCC#N)C(=O)CN2C(=O)NC(CC)(c3ccccc3)C2=O)cc1. The van der Waals surface area contributed by atoms with Crippen molar-refractivity contribution in [3.05, 3.63) is 60.2 Å². The molecule has 32 heavy (non-hydrogen) atoms. The van der Waals surface area contributed by atoms with E-state index in [2.05, 4.69) is 5.32 Å². The number of anilines is 1. The molecule has 1 unspecified atom stereocenters. The van der Waals surface area contributed by atoms with E-state index in [0.717, 1.165) is 4.90 Å². The quantitative estimate of drug-likeness (QED) is 0.611. The number of nitrogens with zero attached hydrogens (tertiary/aromatic N) is 3. The Balaban J connectivity index is 1.83. The number of urea groups is 1. The fraction of sp³-hybridized carbons (Fsp3) is 0.333. The molecule has 0 saturated carbocycles. The van der Waals surface area contributed by atoms with Crippen molar-refractivity contribution in [3.63, 3.8) is 0 Å². The maximum atomic E-state index is 13.3. The lowest BCUT2D eigenvalue weighted by atomic mass is 9.87. The lowest BCUT2D eigenvalue weighted by Crippen LogP contribution is -2.45. The highest BCUT2D eigenvalue weighted by Gasteiger charge is 2.51. The molecule has 1 atom stereocenters.